The van der Waals surface area contributed by atoms with Gasteiger partial charge in [0.25, 0.3) is 0 Å². The molecule has 0 aliphatic heterocycles. The Kier molecular flexibility index (Phi) is 2.21. The van der Waals surface area contributed by atoms with Crippen molar-refractivity contribution >= 4 is 22.8 Å². The zero-order chi connectivity index (χ0) is 10.1. The number of aromatic nitrogens is 4. The number of imidazole rings is 1. The molecule has 2 heterocycles. The lowest BCUT2D eigenvalue weighted by atomic mass is 10.3. The van der Waals surface area contributed by atoms with E-state index in [1.54, 1.807) is 6.33 Å². The molecule has 4 nitrogen and oxygen atoms in total. The minimum Gasteiger partial charge on any atom is -0.323 e. The molecule has 2 rings (SSSR count). The first kappa shape index (κ1) is 9.15. The van der Waals surface area contributed by atoms with E-state index >= 15 is 0 Å². The average Bonchev–Trinajstić information content (AvgIpc) is 2.49. The normalized spacial score (nSPS) is 10.7. The molecular weight excluding hydrogens is 200 g/mol. The zero-order valence-corrected chi connectivity index (χ0v) is 8.49. The first-order valence-corrected chi connectivity index (χ1v) is 4.52. The number of hydrogen-bond acceptors (Lipinski definition) is 3. The monoisotopic (exact) mass is 208 g/mol. The molecule has 2 aromatic rings. The van der Waals surface area contributed by atoms with E-state index in [1.807, 2.05) is 11.5 Å². The van der Waals surface area contributed by atoms with Crippen molar-refractivity contribution in [2.24, 2.45) is 0 Å². The maximum Gasteiger partial charge on any atom is 0.182 e. The number of fused-ring (bicyclic) bond motifs is 1. The Morgan fingerprint density at radius 1 is 1.50 bits per heavy atom. The molecule has 0 saturated heterocycles. The van der Waals surface area contributed by atoms with Crippen LogP contribution >= 0.6 is 11.6 Å². The van der Waals surface area contributed by atoms with Gasteiger partial charge in [0.1, 0.15) is 11.8 Å². The third-order valence-corrected chi connectivity index (χ3v) is 2.08. The van der Waals surface area contributed by atoms with E-state index in [-0.39, 0.29) is 0 Å². The molecule has 14 heavy (non-hydrogen) atoms. The van der Waals surface area contributed by atoms with Crippen LogP contribution in [0.3, 0.4) is 0 Å². The molecule has 0 aliphatic carbocycles. The Bertz CT molecular complexity index is 489. The van der Waals surface area contributed by atoms with Crippen molar-refractivity contribution in [3.05, 3.63) is 30.0 Å². The highest BCUT2D eigenvalue weighted by Crippen LogP contribution is 2.18. The quantitative estimate of drug-likeness (QED) is 0.561. The zero-order valence-electron chi connectivity index (χ0n) is 7.74. The van der Waals surface area contributed by atoms with Gasteiger partial charge >= 0.3 is 0 Å². The van der Waals surface area contributed by atoms with Gasteiger partial charge in [0.15, 0.2) is 10.8 Å². The summed E-state index contributed by atoms with van der Waals surface area (Å²) in [4.78, 5) is 12.0. The van der Waals surface area contributed by atoms with Gasteiger partial charge in [-0.1, -0.05) is 23.8 Å². The standard InChI is InChI=1S/C9H9ClN4/c1-6(2)3-14-5-13-9-7(14)8(10)11-4-12-9/h4-5H,1,3H2,2H3. The van der Waals surface area contributed by atoms with Crippen molar-refractivity contribution in [2.75, 3.05) is 0 Å². The Hall–Kier alpha value is -1.42. The van der Waals surface area contributed by atoms with Crippen LogP contribution in [0, 0.1) is 0 Å². The Balaban J connectivity index is 2.61. The summed E-state index contributed by atoms with van der Waals surface area (Å²) in [7, 11) is 0. The van der Waals surface area contributed by atoms with Gasteiger partial charge in [0.2, 0.25) is 0 Å². The van der Waals surface area contributed by atoms with Gasteiger partial charge in [-0.2, -0.15) is 0 Å². The molecule has 0 spiro atoms. The van der Waals surface area contributed by atoms with E-state index in [0.717, 1.165) is 11.1 Å². The first-order valence-electron chi connectivity index (χ1n) is 4.14. The maximum absolute atomic E-state index is 5.95. The van der Waals surface area contributed by atoms with Crippen molar-refractivity contribution in [3.8, 4) is 0 Å². The lowest BCUT2D eigenvalue weighted by Crippen LogP contribution is -1.97. The molecule has 0 amide bonds. The van der Waals surface area contributed by atoms with Crippen LogP contribution < -0.4 is 0 Å². The molecule has 0 atom stereocenters. The molecule has 0 unspecified atom stereocenters. The first-order chi connectivity index (χ1) is 6.68. The summed E-state index contributed by atoms with van der Waals surface area (Å²) in [6.07, 6.45) is 3.10. The second-order valence-corrected chi connectivity index (χ2v) is 3.52. The van der Waals surface area contributed by atoms with Crippen LogP contribution in [0.1, 0.15) is 6.92 Å². The number of hydrogen-bond donors (Lipinski definition) is 0. The fourth-order valence-electron chi connectivity index (χ4n) is 1.28. The largest absolute Gasteiger partial charge is 0.323 e. The van der Waals surface area contributed by atoms with Gasteiger partial charge in [-0.15, -0.1) is 0 Å². The second-order valence-electron chi connectivity index (χ2n) is 3.17. The lowest BCUT2D eigenvalue weighted by Gasteiger charge is -2.02. The van der Waals surface area contributed by atoms with Crippen LogP contribution in [0.5, 0.6) is 0 Å². The summed E-state index contributed by atoms with van der Waals surface area (Å²) in [6.45, 7) is 6.47. The lowest BCUT2D eigenvalue weighted by molar-refractivity contribution is 0.809. The average molecular weight is 209 g/mol. The summed E-state index contributed by atoms with van der Waals surface area (Å²) in [6, 6.07) is 0. The fraction of sp³-hybridized carbons (Fsp3) is 0.222. The van der Waals surface area contributed by atoms with Crippen LogP contribution in [-0.4, -0.2) is 19.5 Å². The topological polar surface area (TPSA) is 43.6 Å². The predicted octanol–water partition coefficient (Wildman–Crippen LogP) is 2.06. The highest BCUT2D eigenvalue weighted by molar-refractivity contribution is 6.33. The smallest absolute Gasteiger partial charge is 0.182 e. The number of rotatable bonds is 2. The number of allylic oxidation sites excluding steroid dienone is 1. The van der Waals surface area contributed by atoms with Gasteiger partial charge in [0.05, 0.1) is 6.33 Å². The fourth-order valence-corrected chi connectivity index (χ4v) is 1.52. The van der Waals surface area contributed by atoms with E-state index in [9.17, 15) is 0 Å². The molecular formula is C9H9ClN4. The minimum absolute atomic E-state index is 0.425. The molecule has 0 bridgehead atoms. The van der Waals surface area contributed by atoms with Crippen LogP contribution in [-0.2, 0) is 6.54 Å². The second kappa shape index (κ2) is 3.38. The molecule has 0 aromatic carbocycles. The van der Waals surface area contributed by atoms with Crippen molar-refractivity contribution in [1.29, 1.82) is 0 Å². The highest BCUT2D eigenvalue weighted by atomic mass is 35.5. The van der Waals surface area contributed by atoms with Crippen molar-refractivity contribution in [3.63, 3.8) is 0 Å². The molecule has 0 aliphatic rings. The van der Waals surface area contributed by atoms with Gasteiger partial charge < -0.3 is 4.57 Å². The SMILES string of the molecule is C=C(C)Cn1cnc2ncnc(Cl)c21. The van der Waals surface area contributed by atoms with Gasteiger partial charge in [-0.3, -0.25) is 0 Å². The van der Waals surface area contributed by atoms with Crippen LogP contribution in [0.25, 0.3) is 11.2 Å². The third-order valence-electron chi connectivity index (χ3n) is 1.81. The van der Waals surface area contributed by atoms with Crippen LogP contribution in [0.15, 0.2) is 24.8 Å². The molecule has 0 radical (unpaired) electrons. The molecule has 0 N–H and O–H groups in total. The van der Waals surface area contributed by atoms with E-state index < -0.39 is 0 Å². The molecule has 5 heteroatoms. The summed E-state index contributed by atoms with van der Waals surface area (Å²) >= 11 is 5.95. The van der Waals surface area contributed by atoms with E-state index in [4.69, 9.17) is 11.6 Å². The van der Waals surface area contributed by atoms with Gasteiger partial charge in [0, 0.05) is 6.54 Å². The molecule has 2 aromatic heterocycles. The summed E-state index contributed by atoms with van der Waals surface area (Å²) in [5.74, 6) is 0. The minimum atomic E-state index is 0.425. The number of halogens is 1. The van der Waals surface area contributed by atoms with Gasteiger partial charge in [-0.25, -0.2) is 15.0 Å². The Morgan fingerprint density at radius 3 is 3.00 bits per heavy atom. The molecule has 72 valence electrons. The highest BCUT2D eigenvalue weighted by Gasteiger charge is 2.07. The maximum atomic E-state index is 5.95. The summed E-state index contributed by atoms with van der Waals surface area (Å²) in [5.41, 5.74) is 2.41. The van der Waals surface area contributed by atoms with Crippen molar-refractivity contribution < 1.29 is 0 Å². The van der Waals surface area contributed by atoms with Gasteiger partial charge in [-0.05, 0) is 6.92 Å². The Morgan fingerprint density at radius 2 is 2.29 bits per heavy atom. The molecule has 0 fully saturated rings. The Labute approximate surface area is 86.3 Å². The van der Waals surface area contributed by atoms with Crippen molar-refractivity contribution in [1.82, 2.24) is 19.5 Å². The van der Waals surface area contributed by atoms with E-state index in [1.165, 1.54) is 6.33 Å². The predicted molar refractivity (Wildman–Crippen MR) is 55.1 cm³/mol. The van der Waals surface area contributed by atoms with Crippen LogP contribution in [0.2, 0.25) is 5.15 Å². The number of nitrogens with zero attached hydrogens (tertiary/aromatic N) is 4. The van der Waals surface area contributed by atoms with Crippen molar-refractivity contribution in [2.45, 2.75) is 13.5 Å². The third kappa shape index (κ3) is 1.48. The van der Waals surface area contributed by atoms with E-state index in [2.05, 4.69) is 21.5 Å². The molecule has 0 saturated carbocycles. The van der Waals surface area contributed by atoms with E-state index in [0.29, 0.717) is 17.3 Å². The summed E-state index contributed by atoms with van der Waals surface area (Å²) in [5, 5.41) is 0.425. The van der Waals surface area contributed by atoms with Crippen LogP contribution in [0.4, 0.5) is 0 Å². The summed E-state index contributed by atoms with van der Waals surface area (Å²) < 4.78 is 1.89.